The Morgan fingerprint density at radius 1 is 1.37 bits per heavy atom. The molecule has 100 valence electrons. The summed E-state index contributed by atoms with van der Waals surface area (Å²) in [6, 6.07) is 6.92. The Labute approximate surface area is 116 Å². The molecule has 3 N–H and O–H groups in total. The second kappa shape index (κ2) is 6.33. The zero-order chi connectivity index (χ0) is 13.7. The van der Waals surface area contributed by atoms with Crippen LogP contribution in [0.4, 0.5) is 5.69 Å². The van der Waals surface area contributed by atoms with Crippen LogP contribution in [0, 0.1) is 6.92 Å². The third-order valence-electron chi connectivity index (χ3n) is 2.69. The van der Waals surface area contributed by atoms with Crippen LogP contribution in [0.25, 0.3) is 0 Å². The number of carbonyl (C=O) groups is 1. The Balaban J connectivity index is 1.73. The minimum atomic E-state index is -0.0599. The number of rotatable bonds is 5. The third-order valence-corrected chi connectivity index (χ3v) is 3.72. The van der Waals surface area contributed by atoms with Gasteiger partial charge in [0, 0.05) is 35.3 Å². The highest BCUT2D eigenvalue weighted by Gasteiger charge is 2.04. The van der Waals surface area contributed by atoms with Crippen LogP contribution in [0.5, 0.6) is 0 Å². The molecule has 0 aliphatic rings. The second-order valence-corrected chi connectivity index (χ2v) is 5.31. The number of anilines is 1. The molecule has 2 rings (SSSR count). The van der Waals surface area contributed by atoms with Crippen molar-refractivity contribution in [3.8, 4) is 0 Å². The summed E-state index contributed by atoms with van der Waals surface area (Å²) in [5.74, 6) is -0.0599. The quantitative estimate of drug-likeness (QED) is 0.650. The summed E-state index contributed by atoms with van der Waals surface area (Å²) in [6.07, 6.45) is 1.80. The smallest absolute Gasteiger partial charge is 0.251 e. The standard InChI is InChI=1S/C14H17N3OS/c1-10-9-19-13(17-10)3-2-8-16-14(18)11-4-6-12(15)7-5-11/h4-7,9H,2-3,8,15H2,1H3,(H,16,18). The molecule has 2 aromatic rings. The SMILES string of the molecule is Cc1csc(CCCNC(=O)c2ccc(N)cc2)n1. The summed E-state index contributed by atoms with van der Waals surface area (Å²) < 4.78 is 0. The van der Waals surface area contributed by atoms with Crippen molar-refractivity contribution < 1.29 is 4.79 Å². The minimum Gasteiger partial charge on any atom is -0.399 e. The molecule has 0 bridgehead atoms. The molecule has 1 aromatic heterocycles. The molecule has 5 heteroatoms. The molecule has 0 spiro atoms. The van der Waals surface area contributed by atoms with Gasteiger partial charge in [0.2, 0.25) is 0 Å². The number of amides is 1. The van der Waals surface area contributed by atoms with Gasteiger partial charge in [-0.05, 0) is 37.6 Å². The van der Waals surface area contributed by atoms with Gasteiger partial charge in [0.15, 0.2) is 0 Å². The van der Waals surface area contributed by atoms with Crippen LogP contribution < -0.4 is 11.1 Å². The van der Waals surface area contributed by atoms with E-state index in [9.17, 15) is 4.79 Å². The monoisotopic (exact) mass is 275 g/mol. The van der Waals surface area contributed by atoms with E-state index in [0.717, 1.165) is 23.5 Å². The van der Waals surface area contributed by atoms with Gasteiger partial charge < -0.3 is 11.1 Å². The topological polar surface area (TPSA) is 68.0 Å². The first-order valence-corrected chi connectivity index (χ1v) is 7.08. The molecule has 0 fully saturated rings. The largest absolute Gasteiger partial charge is 0.399 e. The molecule has 1 aromatic carbocycles. The first-order chi connectivity index (χ1) is 9.15. The molecule has 0 saturated carbocycles. The van der Waals surface area contributed by atoms with Crippen molar-refractivity contribution in [1.29, 1.82) is 0 Å². The zero-order valence-electron chi connectivity index (χ0n) is 10.8. The Bertz CT molecular complexity index is 548. The average molecular weight is 275 g/mol. The third kappa shape index (κ3) is 4.06. The maximum absolute atomic E-state index is 11.8. The number of nitrogens with two attached hydrogens (primary N) is 1. The van der Waals surface area contributed by atoms with E-state index >= 15 is 0 Å². The predicted molar refractivity (Wildman–Crippen MR) is 78.4 cm³/mol. The van der Waals surface area contributed by atoms with E-state index in [2.05, 4.69) is 10.3 Å². The summed E-state index contributed by atoms with van der Waals surface area (Å²) in [7, 11) is 0. The van der Waals surface area contributed by atoms with E-state index in [4.69, 9.17) is 5.73 Å². The summed E-state index contributed by atoms with van der Waals surface area (Å²) in [4.78, 5) is 16.2. The van der Waals surface area contributed by atoms with Crippen molar-refractivity contribution in [2.75, 3.05) is 12.3 Å². The molecule has 1 heterocycles. The lowest BCUT2D eigenvalue weighted by atomic mass is 10.2. The first-order valence-electron chi connectivity index (χ1n) is 6.20. The number of hydrogen-bond acceptors (Lipinski definition) is 4. The van der Waals surface area contributed by atoms with Gasteiger partial charge in [0.1, 0.15) is 0 Å². The molecule has 1 amide bonds. The maximum Gasteiger partial charge on any atom is 0.251 e. The summed E-state index contributed by atoms with van der Waals surface area (Å²) in [5, 5.41) is 6.06. The number of nitrogens with zero attached hydrogens (tertiary/aromatic N) is 1. The fourth-order valence-corrected chi connectivity index (χ4v) is 2.51. The highest BCUT2D eigenvalue weighted by molar-refractivity contribution is 7.09. The normalized spacial score (nSPS) is 10.4. The van der Waals surface area contributed by atoms with Crippen molar-refractivity contribution in [2.24, 2.45) is 0 Å². The van der Waals surface area contributed by atoms with Crippen molar-refractivity contribution in [2.45, 2.75) is 19.8 Å². The fourth-order valence-electron chi connectivity index (χ4n) is 1.70. The average Bonchev–Trinajstić information content (AvgIpc) is 2.81. The van der Waals surface area contributed by atoms with E-state index in [1.54, 1.807) is 35.6 Å². The number of nitrogen functional groups attached to an aromatic ring is 1. The van der Waals surface area contributed by atoms with Crippen LogP contribution in [-0.2, 0) is 6.42 Å². The van der Waals surface area contributed by atoms with Gasteiger partial charge in [-0.15, -0.1) is 11.3 Å². The van der Waals surface area contributed by atoms with Crippen molar-refractivity contribution in [1.82, 2.24) is 10.3 Å². The molecule has 0 unspecified atom stereocenters. The van der Waals surface area contributed by atoms with Crippen LogP contribution in [0.3, 0.4) is 0 Å². The number of hydrogen-bond donors (Lipinski definition) is 2. The minimum absolute atomic E-state index is 0.0599. The van der Waals surface area contributed by atoms with Gasteiger partial charge in [0.05, 0.1) is 5.01 Å². The van der Waals surface area contributed by atoms with Crippen molar-refractivity contribution in [3.05, 3.63) is 45.9 Å². The number of thiazole rings is 1. The molecular formula is C14H17N3OS. The van der Waals surface area contributed by atoms with Gasteiger partial charge in [-0.3, -0.25) is 4.79 Å². The van der Waals surface area contributed by atoms with E-state index in [0.29, 0.717) is 17.8 Å². The Morgan fingerprint density at radius 2 is 2.11 bits per heavy atom. The Morgan fingerprint density at radius 3 is 2.74 bits per heavy atom. The van der Waals surface area contributed by atoms with Crippen LogP contribution in [0.2, 0.25) is 0 Å². The van der Waals surface area contributed by atoms with E-state index < -0.39 is 0 Å². The molecule has 0 aliphatic carbocycles. The maximum atomic E-state index is 11.8. The van der Waals surface area contributed by atoms with E-state index in [1.807, 2.05) is 12.3 Å². The van der Waals surface area contributed by atoms with Crippen LogP contribution in [0.1, 0.15) is 27.5 Å². The van der Waals surface area contributed by atoms with Crippen LogP contribution in [-0.4, -0.2) is 17.4 Å². The lowest BCUT2D eigenvalue weighted by Crippen LogP contribution is -2.24. The lowest BCUT2D eigenvalue weighted by molar-refractivity contribution is 0.0953. The number of aromatic nitrogens is 1. The van der Waals surface area contributed by atoms with Gasteiger partial charge in [-0.2, -0.15) is 0 Å². The number of aryl methyl sites for hydroxylation is 2. The van der Waals surface area contributed by atoms with Crippen LogP contribution >= 0.6 is 11.3 Å². The van der Waals surface area contributed by atoms with Crippen molar-refractivity contribution >= 4 is 22.9 Å². The van der Waals surface area contributed by atoms with Gasteiger partial charge in [-0.1, -0.05) is 0 Å². The number of carbonyl (C=O) groups excluding carboxylic acids is 1. The number of benzene rings is 1. The molecule has 0 aliphatic heterocycles. The van der Waals surface area contributed by atoms with E-state index in [1.165, 1.54) is 0 Å². The summed E-state index contributed by atoms with van der Waals surface area (Å²) >= 11 is 1.67. The predicted octanol–water partition coefficient (Wildman–Crippen LogP) is 2.40. The number of nitrogens with one attached hydrogen (secondary N) is 1. The molecule has 19 heavy (non-hydrogen) atoms. The van der Waals surface area contributed by atoms with Crippen molar-refractivity contribution in [3.63, 3.8) is 0 Å². The Hall–Kier alpha value is -1.88. The van der Waals surface area contributed by atoms with Gasteiger partial charge in [-0.25, -0.2) is 4.98 Å². The summed E-state index contributed by atoms with van der Waals surface area (Å²) in [5.41, 5.74) is 7.94. The summed E-state index contributed by atoms with van der Waals surface area (Å²) in [6.45, 7) is 2.64. The lowest BCUT2D eigenvalue weighted by Gasteiger charge is -2.04. The van der Waals surface area contributed by atoms with Gasteiger partial charge in [0.25, 0.3) is 5.91 Å². The Kier molecular flexibility index (Phi) is 4.52. The fraction of sp³-hybridized carbons (Fsp3) is 0.286. The molecule has 0 radical (unpaired) electrons. The molecule has 4 nitrogen and oxygen atoms in total. The van der Waals surface area contributed by atoms with Gasteiger partial charge >= 0.3 is 0 Å². The highest BCUT2D eigenvalue weighted by Crippen LogP contribution is 2.10. The van der Waals surface area contributed by atoms with E-state index in [-0.39, 0.29) is 5.91 Å². The molecule has 0 atom stereocenters. The highest BCUT2D eigenvalue weighted by atomic mass is 32.1. The second-order valence-electron chi connectivity index (χ2n) is 4.36. The van der Waals surface area contributed by atoms with Crippen LogP contribution in [0.15, 0.2) is 29.6 Å². The zero-order valence-corrected chi connectivity index (χ0v) is 11.7. The first kappa shape index (κ1) is 13.5. The molecular weight excluding hydrogens is 258 g/mol. The molecule has 0 saturated heterocycles.